The van der Waals surface area contributed by atoms with Crippen molar-refractivity contribution in [3.05, 3.63) is 71.7 Å². The average molecular weight is 391 g/mol. The van der Waals surface area contributed by atoms with Gasteiger partial charge in [0.25, 0.3) is 0 Å². The van der Waals surface area contributed by atoms with Crippen molar-refractivity contribution in [1.82, 2.24) is 14.8 Å². The van der Waals surface area contributed by atoms with Crippen molar-refractivity contribution in [3.63, 3.8) is 0 Å². The molecule has 3 aromatic rings. The van der Waals surface area contributed by atoms with E-state index in [2.05, 4.69) is 10.1 Å². The van der Waals surface area contributed by atoms with Gasteiger partial charge in [-0.05, 0) is 31.2 Å². The predicted molar refractivity (Wildman–Crippen MR) is 93.3 cm³/mol. The molecule has 9 heteroatoms. The molecule has 6 nitrogen and oxygen atoms in total. The molecule has 2 heterocycles. The van der Waals surface area contributed by atoms with Crippen LogP contribution in [0.1, 0.15) is 21.6 Å². The molecule has 0 N–H and O–H groups in total. The van der Waals surface area contributed by atoms with E-state index < -0.39 is 17.7 Å². The van der Waals surface area contributed by atoms with E-state index in [1.807, 2.05) is 18.2 Å². The standard InChI is InChI=1S/C19H16F3N3O3/c1-13-16(18(26)28-10-9-27-15-5-3-2-4-6-15)12-24-25(13)17-8-7-14(11-23-17)19(20,21)22/h2-8,11-12H,9-10H2,1H3. The lowest BCUT2D eigenvalue weighted by atomic mass is 10.2. The van der Waals surface area contributed by atoms with Crippen molar-refractivity contribution in [1.29, 1.82) is 0 Å². The minimum absolute atomic E-state index is 0.0386. The fourth-order valence-corrected chi connectivity index (χ4v) is 2.41. The maximum absolute atomic E-state index is 12.6. The van der Waals surface area contributed by atoms with Crippen molar-refractivity contribution in [2.75, 3.05) is 13.2 Å². The summed E-state index contributed by atoms with van der Waals surface area (Å²) in [6.45, 7) is 1.82. The highest BCUT2D eigenvalue weighted by Gasteiger charge is 2.30. The molecule has 0 atom stereocenters. The van der Waals surface area contributed by atoms with E-state index >= 15 is 0 Å². The number of aromatic nitrogens is 3. The first-order valence-electron chi connectivity index (χ1n) is 8.29. The second kappa shape index (κ2) is 8.12. The Kier molecular flexibility index (Phi) is 5.62. The van der Waals surface area contributed by atoms with E-state index in [0.29, 0.717) is 11.4 Å². The van der Waals surface area contributed by atoms with Crippen molar-refractivity contribution in [2.45, 2.75) is 13.1 Å². The quantitative estimate of drug-likeness (QED) is 0.472. The lowest BCUT2D eigenvalue weighted by Gasteiger charge is -2.09. The van der Waals surface area contributed by atoms with E-state index in [1.165, 1.54) is 16.9 Å². The summed E-state index contributed by atoms with van der Waals surface area (Å²) in [6, 6.07) is 11.2. The molecule has 0 fully saturated rings. The average Bonchev–Trinajstić information content (AvgIpc) is 3.07. The lowest BCUT2D eigenvalue weighted by Crippen LogP contribution is -2.13. The minimum Gasteiger partial charge on any atom is -0.490 e. The molecule has 0 aliphatic heterocycles. The number of esters is 1. The fraction of sp³-hybridized carbons (Fsp3) is 0.211. The van der Waals surface area contributed by atoms with Gasteiger partial charge in [-0.3, -0.25) is 0 Å². The van der Waals surface area contributed by atoms with Crippen molar-refractivity contribution >= 4 is 5.97 Å². The summed E-state index contributed by atoms with van der Waals surface area (Å²) in [4.78, 5) is 16.0. The molecule has 3 rings (SSSR count). The topological polar surface area (TPSA) is 66.2 Å². The zero-order valence-electron chi connectivity index (χ0n) is 14.8. The Hall–Kier alpha value is -3.36. The van der Waals surface area contributed by atoms with Gasteiger partial charge in [-0.2, -0.15) is 18.3 Å². The summed E-state index contributed by atoms with van der Waals surface area (Å²) in [5.74, 6) is 0.222. The second-order valence-corrected chi connectivity index (χ2v) is 5.76. The summed E-state index contributed by atoms with van der Waals surface area (Å²) in [5.41, 5.74) is -0.262. The largest absolute Gasteiger partial charge is 0.490 e. The van der Waals surface area contributed by atoms with Crippen LogP contribution < -0.4 is 4.74 Å². The van der Waals surface area contributed by atoms with Crippen LogP contribution in [0.4, 0.5) is 13.2 Å². The first-order chi connectivity index (χ1) is 13.4. The van der Waals surface area contributed by atoms with Gasteiger partial charge in [-0.1, -0.05) is 18.2 Å². The Morgan fingerprint density at radius 1 is 1.07 bits per heavy atom. The Morgan fingerprint density at radius 3 is 2.46 bits per heavy atom. The van der Waals surface area contributed by atoms with Crippen LogP contribution in [-0.4, -0.2) is 33.9 Å². The zero-order valence-corrected chi connectivity index (χ0v) is 14.8. The monoisotopic (exact) mass is 391 g/mol. The molecule has 28 heavy (non-hydrogen) atoms. The number of nitrogens with zero attached hydrogens (tertiary/aromatic N) is 3. The van der Waals surface area contributed by atoms with E-state index in [-0.39, 0.29) is 24.6 Å². The van der Waals surface area contributed by atoms with Crippen LogP contribution >= 0.6 is 0 Å². The number of carbonyl (C=O) groups is 1. The van der Waals surface area contributed by atoms with Crippen LogP contribution in [0.15, 0.2) is 54.9 Å². The van der Waals surface area contributed by atoms with Crippen molar-refractivity contribution in [2.24, 2.45) is 0 Å². The van der Waals surface area contributed by atoms with Gasteiger partial charge in [0.15, 0.2) is 5.82 Å². The van der Waals surface area contributed by atoms with E-state index in [0.717, 1.165) is 12.3 Å². The van der Waals surface area contributed by atoms with Crippen LogP contribution in [0.5, 0.6) is 5.75 Å². The van der Waals surface area contributed by atoms with Gasteiger partial charge in [0.2, 0.25) is 0 Å². The summed E-state index contributed by atoms with van der Waals surface area (Å²) in [5, 5.41) is 4.02. The Labute approximate surface area is 158 Å². The van der Waals surface area contributed by atoms with Crippen LogP contribution in [0, 0.1) is 6.92 Å². The molecule has 0 aliphatic rings. The number of pyridine rings is 1. The summed E-state index contributed by atoms with van der Waals surface area (Å²) in [7, 11) is 0. The third-order valence-corrected chi connectivity index (χ3v) is 3.85. The zero-order chi connectivity index (χ0) is 20.1. The van der Waals surface area contributed by atoms with Crippen LogP contribution in [0.25, 0.3) is 5.82 Å². The molecule has 0 saturated heterocycles. The van der Waals surface area contributed by atoms with Gasteiger partial charge in [0.05, 0.1) is 17.5 Å². The number of hydrogen-bond donors (Lipinski definition) is 0. The van der Waals surface area contributed by atoms with Crippen LogP contribution in [0.2, 0.25) is 0 Å². The number of alkyl halides is 3. The van der Waals surface area contributed by atoms with Gasteiger partial charge in [0.1, 0.15) is 24.5 Å². The molecule has 1 aromatic carbocycles. The van der Waals surface area contributed by atoms with Crippen molar-refractivity contribution in [3.8, 4) is 11.6 Å². The first kappa shape index (κ1) is 19.4. The highest BCUT2D eigenvalue weighted by molar-refractivity contribution is 5.90. The van der Waals surface area contributed by atoms with Crippen LogP contribution in [-0.2, 0) is 10.9 Å². The molecule has 0 aliphatic carbocycles. The Balaban J connectivity index is 1.61. The number of halogens is 3. The number of hydrogen-bond acceptors (Lipinski definition) is 5. The maximum Gasteiger partial charge on any atom is 0.417 e. The molecule has 0 amide bonds. The van der Waals surface area contributed by atoms with Gasteiger partial charge in [0, 0.05) is 6.20 Å². The molecular formula is C19H16F3N3O3. The molecule has 2 aromatic heterocycles. The normalized spacial score (nSPS) is 11.3. The van der Waals surface area contributed by atoms with E-state index in [1.54, 1.807) is 19.1 Å². The van der Waals surface area contributed by atoms with Gasteiger partial charge in [-0.25, -0.2) is 14.5 Å². The molecule has 0 saturated carbocycles. The molecule has 0 spiro atoms. The van der Waals surface area contributed by atoms with Gasteiger partial charge >= 0.3 is 12.1 Å². The molecular weight excluding hydrogens is 375 g/mol. The SMILES string of the molecule is Cc1c(C(=O)OCCOc2ccccc2)cnn1-c1ccc(C(F)(F)F)cn1. The van der Waals surface area contributed by atoms with E-state index in [9.17, 15) is 18.0 Å². The van der Waals surface area contributed by atoms with Gasteiger partial charge in [-0.15, -0.1) is 0 Å². The minimum atomic E-state index is -4.47. The van der Waals surface area contributed by atoms with Crippen molar-refractivity contribution < 1.29 is 27.4 Å². The third-order valence-electron chi connectivity index (χ3n) is 3.85. The molecule has 0 bridgehead atoms. The second-order valence-electron chi connectivity index (χ2n) is 5.76. The Bertz CT molecular complexity index is 939. The summed E-state index contributed by atoms with van der Waals surface area (Å²) < 4.78 is 49.8. The third kappa shape index (κ3) is 4.48. The lowest BCUT2D eigenvalue weighted by molar-refractivity contribution is -0.137. The maximum atomic E-state index is 12.6. The molecule has 0 unspecified atom stereocenters. The number of rotatable bonds is 6. The number of carbonyl (C=O) groups excluding carboxylic acids is 1. The number of benzene rings is 1. The van der Waals surface area contributed by atoms with Crippen LogP contribution in [0.3, 0.4) is 0 Å². The first-order valence-corrected chi connectivity index (χ1v) is 8.29. The summed E-state index contributed by atoms with van der Waals surface area (Å²) in [6.07, 6.45) is -2.47. The number of para-hydroxylation sites is 1. The highest BCUT2D eigenvalue weighted by atomic mass is 19.4. The van der Waals surface area contributed by atoms with E-state index in [4.69, 9.17) is 9.47 Å². The fourth-order valence-electron chi connectivity index (χ4n) is 2.41. The smallest absolute Gasteiger partial charge is 0.417 e. The predicted octanol–water partition coefficient (Wildman–Crippen LogP) is 3.83. The Morgan fingerprint density at radius 2 is 1.82 bits per heavy atom. The molecule has 146 valence electrons. The summed E-state index contributed by atoms with van der Waals surface area (Å²) >= 11 is 0. The number of ether oxygens (including phenoxy) is 2. The highest BCUT2D eigenvalue weighted by Crippen LogP contribution is 2.28. The molecule has 0 radical (unpaired) electrons. The van der Waals surface area contributed by atoms with Gasteiger partial charge < -0.3 is 9.47 Å².